The molecule has 0 bridgehead atoms. The van der Waals surface area contributed by atoms with Gasteiger partial charge in [-0.25, -0.2) is 36.3 Å². The van der Waals surface area contributed by atoms with E-state index < -0.39 is 57.9 Å². The summed E-state index contributed by atoms with van der Waals surface area (Å²) >= 11 is 0. The number of hydrogen-bond donors (Lipinski definition) is 0. The molecule has 42 heavy (non-hydrogen) atoms. The zero-order chi connectivity index (χ0) is 30.2. The number of allylic oxidation sites excluding steroid dienone is 1. The van der Waals surface area contributed by atoms with Crippen LogP contribution in [0.25, 0.3) is 22.5 Å². The van der Waals surface area contributed by atoms with E-state index in [1.807, 2.05) is 6.08 Å². The quantitative estimate of drug-likeness (QED) is 0.122. The second-order valence-corrected chi connectivity index (χ2v) is 10.0. The van der Waals surface area contributed by atoms with Crippen molar-refractivity contribution in [2.75, 3.05) is 0 Å². The van der Waals surface area contributed by atoms with Crippen molar-refractivity contribution in [2.24, 2.45) is 5.92 Å². The molecule has 218 valence electrons. The summed E-state index contributed by atoms with van der Waals surface area (Å²) in [6.45, 7) is 3.84. The van der Waals surface area contributed by atoms with E-state index in [-0.39, 0.29) is 29.1 Å². The molecule has 4 aromatic rings. The molecule has 0 amide bonds. The van der Waals surface area contributed by atoms with Crippen LogP contribution in [-0.2, 0) is 6.11 Å². The van der Waals surface area contributed by atoms with Gasteiger partial charge >= 0.3 is 6.11 Å². The summed E-state index contributed by atoms with van der Waals surface area (Å²) in [6.07, 6.45) is 4.61. The number of halogens is 8. The minimum absolute atomic E-state index is 0.0963. The Hall–Kier alpha value is -4.28. The highest BCUT2D eigenvalue weighted by Gasteiger charge is 2.41. The van der Waals surface area contributed by atoms with Crippen LogP contribution in [0.2, 0.25) is 0 Å². The molecule has 1 saturated carbocycles. The van der Waals surface area contributed by atoms with Gasteiger partial charge in [0.1, 0.15) is 28.8 Å². The SMILES string of the molecule is C=CC1CCC(c2cnc(-c3ccc(-c4cc(F)c(C(F)(F)Oc5cc(F)c(F)c(F)c5)c(F)c4)c(F)c3)nc2)CC1. The highest BCUT2D eigenvalue weighted by Crippen LogP contribution is 2.39. The molecule has 1 heterocycles. The van der Waals surface area contributed by atoms with E-state index in [1.165, 1.54) is 12.1 Å². The topological polar surface area (TPSA) is 35.0 Å². The Bertz CT molecular complexity index is 1590. The molecule has 5 rings (SSSR count). The fourth-order valence-electron chi connectivity index (χ4n) is 5.07. The van der Waals surface area contributed by atoms with E-state index in [4.69, 9.17) is 0 Å². The number of hydrogen-bond acceptors (Lipinski definition) is 3. The molecule has 0 spiro atoms. The fraction of sp³-hybridized carbons (Fsp3) is 0.226. The Balaban J connectivity index is 1.36. The Morgan fingerprint density at radius 3 is 1.86 bits per heavy atom. The molecule has 1 fully saturated rings. The molecule has 1 aliphatic rings. The van der Waals surface area contributed by atoms with E-state index in [1.54, 1.807) is 12.4 Å². The number of alkyl halides is 2. The maximum absolute atomic E-state index is 15.1. The van der Waals surface area contributed by atoms with Crippen LogP contribution < -0.4 is 4.74 Å². The smallest absolute Gasteiger partial charge is 0.429 e. The third-order valence-electron chi connectivity index (χ3n) is 7.32. The number of ether oxygens (including phenoxy) is 1. The molecule has 1 aromatic heterocycles. The molecular weight excluding hydrogens is 568 g/mol. The van der Waals surface area contributed by atoms with Crippen molar-refractivity contribution in [3.63, 3.8) is 0 Å². The van der Waals surface area contributed by atoms with Crippen molar-refractivity contribution in [3.05, 3.63) is 114 Å². The van der Waals surface area contributed by atoms with Crippen molar-refractivity contribution in [1.82, 2.24) is 9.97 Å². The first kappa shape index (κ1) is 29.2. The van der Waals surface area contributed by atoms with Crippen molar-refractivity contribution in [2.45, 2.75) is 37.7 Å². The van der Waals surface area contributed by atoms with E-state index >= 15 is 4.39 Å². The van der Waals surface area contributed by atoms with Gasteiger partial charge in [-0.2, -0.15) is 8.78 Å². The number of aromatic nitrogens is 2. The maximum atomic E-state index is 15.1. The van der Waals surface area contributed by atoms with Crippen LogP contribution in [0.5, 0.6) is 5.75 Å². The first-order valence-corrected chi connectivity index (χ1v) is 12.9. The van der Waals surface area contributed by atoms with Gasteiger partial charge in [-0.3, -0.25) is 0 Å². The lowest BCUT2D eigenvalue weighted by Crippen LogP contribution is -2.25. The highest BCUT2D eigenvalue weighted by atomic mass is 19.3. The molecule has 0 radical (unpaired) electrons. The predicted molar refractivity (Wildman–Crippen MR) is 139 cm³/mol. The van der Waals surface area contributed by atoms with Crippen LogP contribution in [0.1, 0.15) is 42.7 Å². The van der Waals surface area contributed by atoms with Crippen LogP contribution >= 0.6 is 0 Å². The molecule has 0 N–H and O–H groups in total. The van der Waals surface area contributed by atoms with Crippen LogP contribution in [0.4, 0.5) is 35.1 Å². The summed E-state index contributed by atoms with van der Waals surface area (Å²) < 4.78 is 118. The Kier molecular flexibility index (Phi) is 8.03. The van der Waals surface area contributed by atoms with Crippen molar-refractivity contribution in [3.8, 4) is 28.3 Å². The molecule has 3 aromatic carbocycles. The molecule has 1 aliphatic carbocycles. The minimum Gasteiger partial charge on any atom is -0.429 e. The van der Waals surface area contributed by atoms with Gasteiger partial charge in [0.05, 0.1) is 0 Å². The summed E-state index contributed by atoms with van der Waals surface area (Å²) in [5.41, 5.74) is -1.33. The number of rotatable bonds is 7. The Morgan fingerprint density at radius 1 is 0.738 bits per heavy atom. The van der Waals surface area contributed by atoms with Gasteiger partial charge in [-0.15, -0.1) is 6.58 Å². The summed E-state index contributed by atoms with van der Waals surface area (Å²) in [4.78, 5) is 8.68. The molecule has 3 nitrogen and oxygen atoms in total. The maximum Gasteiger partial charge on any atom is 0.432 e. The van der Waals surface area contributed by atoms with Gasteiger partial charge in [-0.05, 0) is 66.8 Å². The average molecular weight is 591 g/mol. The zero-order valence-electron chi connectivity index (χ0n) is 21.8. The minimum atomic E-state index is -4.76. The van der Waals surface area contributed by atoms with Crippen molar-refractivity contribution < 1.29 is 39.9 Å². The van der Waals surface area contributed by atoms with Crippen LogP contribution in [0, 0.1) is 40.8 Å². The van der Waals surface area contributed by atoms with Crippen LogP contribution in [-0.4, -0.2) is 9.97 Å². The standard InChI is InChI=1S/C31H22F8N2O/c1-2-16-3-5-17(6-4-16)20-14-40-30(41-15-20)18-7-8-22(23(32)9-18)19-10-24(33)28(25(34)11-19)31(38,39)42-21-12-26(35)29(37)27(36)13-21/h2,7-17H,1,3-6H2. The van der Waals surface area contributed by atoms with Gasteiger partial charge < -0.3 is 4.74 Å². The van der Waals surface area contributed by atoms with E-state index in [2.05, 4.69) is 21.3 Å². The lowest BCUT2D eigenvalue weighted by atomic mass is 9.79. The second-order valence-electron chi connectivity index (χ2n) is 10.0. The molecule has 0 unspecified atom stereocenters. The van der Waals surface area contributed by atoms with Gasteiger partial charge in [-0.1, -0.05) is 18.2 Å². The highest BCUT2D eigenvalue weighted by molar-refractivity contribution is 5.69. The summed E-state index contributed by atoms with van der Waals surface area (Å²) in [6, 6.07) is 4.79. The zero-order valence-corrected chi connectivity index (χ0v) is 21.8. The largest absolute Gasteiger partial charge is 0.432 e. The Labute approximate surface area is 235 Å². The predicted octanol–water partition coefficient (Wildman–Crippen LogP) is 9.23. The normalized spacial score (nSPS) is 17.2. The van der Waals surface area contributed by atoms with Crippen LogP contribution in [0.15, 0.2) is 67.5 Å². The molecule has 0 atom stereocenters. The van der Waals surface area contributed by atoms with Gasteiger partial charge in [0, 0.05) is 35.7 Å². The lowest BCUT2D eigenvalue weighted by molar-refractivity contribution is -0.189. The Morgan fingerprint density at radius 2 is 1.31 bits per heavy atom. The molecular formula is C31H22F8N2O. The van der Waals surface area contributed by atoms with Crippen molar-refractivity contribution in [1.29, 1.82) is 0 Å². The number of benzene rings is 3. The van der Waals surface area contributed by atoms with Gasteiger partial charge in [0.25, 0.3) is 0 Å². The van der Waals surface area contributed by atoms with Gasteiger partial charge in [0.2, 0.25) is 0 Å². The summed E-state index contributed by atoms with van der Waals surface area (Å²) in [7, 11) is 0. The first-order valence-electron chi connectivity index (χ1n) is 12.9. The molecule has 0 aliphatic heterocycles. The van der Waals surface area contributed by atoms with Crippen molar-refractivity contribution >= 4 is 0 Å². The number of nitrogens with zero attached hydrogens (tertiary/aromatic N) is 2. The lowest BCUT2D eigenvalue weighted by Gasteiger charge is -2.26. The van der Waals surface area contributed by atoms with Gasteiger partial charge in [0.15, 0.2) is 23.3 Å². The van der Waals surface area contributed by atoms with Crippen LogP contribution in [0.3, 0.4) is 0 Å². The monoisotopic (exact) mass is 590 g/mol. The third-order valence-corrected chi connectivity index (χ3v) is 7.32. The average Bonchev–Trinajstić information content (AvgIpc) is 2.95. The summed E-state index contributed by atoms with van der Waals surface area (Å²) in [5, 5.41) is 0. The second kappa shape index (κ2) is 11.5. The van der Waals surface area contributed by atoms with E-state index in [0.717, 1.165) is 37.3 Å². The summed E-state index contributed by atoms with van der Waals surface area (Å²) in [5.74, 6) is -10.3. The van der Waals surface area contributed by atoms with E-state index in [9.17, 15) is 30.7 Å². The third kappa shape index (κ3) is 5.86. The molecule has 0 saturated heterocycles. The molecule has 11 heteroatoms. The van der Waals surface area contributed by atoms with E-state index in [0.29, 0.717) is 24.0 Å². The first-order chi connectivity index (χ1) is 20.0. The fourth-order valence-corrected chi connectivity index (χ4v) is 5.07.